The summed E-state index contributed by atoms with van der Waals surface area (Å²) in [4.78, 5) is 10.6. The lowest BCUT2D eigenvalue weighted by molar-refractivity contribution is 0.271. The molecule has 0 radical (unpaired) electrons. The van der Waals surface area contributed by atoms with Crippen molar-refractivity contribution in [1.82, 2.24) is 14.9 Å². The van der Waals surface area contributed by atoms with Crippen molar-refractivity contribution in [3.8, 4) is 0 Å². The summed E-state index contributed by atoms with van der Waals surface area (Å²) in [5, 5.41) is 0. The van der Waals surface area contributed by atoms with Crippen molar-refractivity contribution in [2.75, 3.05) is 13.1 Å². The molecule has 1 aromatic heterocycles. The summed E-state index contributed by atoms with van der Waals surface area (Å²) in [7, 11) is 0. The molecule has 1 fully saturated rings. The first-order valence-electron chi connectivity index (χ1n) is 6.60. The molecule has 1 aliphatic heterocycles. The van der Waals surface area contributed by atoms with E-state index in [-0.39, 0.29) is 0 Å². The summed E-state index contributed by atoms with van der Waals surface area (Å²) < 4.78 is 1.10. The first-order valence-corrected chi connectivity index (χ1v) is 7.40. The molecule has 96 valence electrons. The van der Waals surface area contributed by atoms with Gasteiger partial charge in [0.05, 0.1) is 11.0 Å². The number of imidazole rings is 1. The van der Waals surface area contributed by atoms with Crippen LogP contribution in [0.4, 0.5) is 0 Å². The summed E-state index contributed by atoms with van der Waals surface area (Å²) in [6.45, 7) is 4.68. The quantitative estimate of drug-likeness (QED) is 0.943. The summed E-state index contributed by atoms with van der Waals surface area (Å²) in [5.41, 5.74) is 2.18. The molecule has 1 atom stereocenters. The van der Waals surface area contributed by atoms with Crippen LogP contribution in [0.15, 0.2) is 22.7 Å². The Morgan fingerprint density at radius 1 is 1.50 bits per heavy atom. The third kappa shape index (κ3) is 2.45. The number of hydrogen-bond acceptors (Lipinski definition) is 2. The van der Waals surface area contributed by atoms with Crippen molar-refractivity contribution in [2.45, 2.75) is 32.2 Å². The Labute approximate surface area is 116 Å². The molecule has 18 heavy (non-hydrogen) atoms. The third-order valence-corrected chi connectivity index (χ3v) is 4.31. The second-order valence-corrected chi connectivity index (χ2v) is 6.04. The van der Waals surface area contributed by atoms with E-state index in [1.54, 1.807) is 0 Å². The number of rotatable bonds is 3. The number of benzene rings is 1. The van der Waals surface area contributed by atoms with Crippen LogP contribution in [-0.2, 0) is 6.42 Å². The number of aromatic nitrogens is 2. The lowest BCUT2D eigenvalue weighted by atomic mass is 10.2. The van der Waals surface area contributed by atoms with Gasteiger partial charge in [-0.3, -0.25) is 0 Å². The maximum Gasteiger partial charge on any atom is 0.108 e. The van der Waals surface area contributed by atoms with Crippen LogP contribution in [0.25, 0.3) is 11.0 Å². The van der Waals surface area contributed by atoms with Gasteiger partial charge in [-0.15, -0.1) is 0 Å². The highest BCUT2D eigenvalue weighted by atomic mass is 79.9. The minimum atomic E-state index is 0.739. The lowest BCUT2D eigenvalue weighted by Crippen LogP contribution is -2.29. The highest BCUT2D eigenvalue weighted by Crippen LogP contribution is 2.19. The standard InChI is InChI=1S/C14H18BrN3/c1-10-3-2-7-18(10)8-6-14-16-12-5-4-11(15)9-13(12)17-14/h4-5,9-10H,2-3,6-8H2,1H3,(H,16,17). The fourth-order valence-corrected chi connectivity index (χ4v) is 3.09. The molecule has 1 aliphatic rings. The van der Waals surface area contributed by atoms with Gasteiger partial charge in [-0.05, 0) is 44.5 Å². The Hall–Kier alpha value is -0.870. The van der Waals surface area contributed by atoms with E-state index in [0.29, 0.717) is 0 Å². The van der Waals surface area contributed by atoms with Crippen LogP contribution < -0.4 is 0 Å². The van der Waals surface area contributed by atoms with Gasteiger partial charge in [0.15, 0.2) is 0 Å². The largest absolute Gasteiger partial charge is 0.342 e. The fourth-order valence-electron chi connectivity index (χ4n) is 2.73. The smallest absolute Gasteiger partial charge is 0.108 e. The minimum Gasteiger partial charge on any atom is -0.342 e. The average Bonchev–Trinajstić information content (AvgIpc) is 2.92. The third-order valence-electron chi connectivity index (χ3n) is 3.82. The SMILES string of the molecule is CC1CCCN1CCc1nc2ccc(Br)cc2[nH]1. The van der Waals surface area contributed by atoms with Gasteiger partial charge in [-0.2, -0.15) is 0 Å². The topological polar surface area (TPSA) is 31.9 Å². The Bertz CT molecular complexity index is 549. The first-order chi connectivity index (χ1) is 8.72. The van der Waals surface area contributed by atoms with Gasteiger partial charge < -0.3 is 9.88 Å². The molecule has 4 heteroatoms. The first kappa shape index (κ1) is 12.2. The molecule has 1 unspecified atom stereocenters. The molecule has 0 aliphatic carbocycles. The number of hydrogen-bond donors (Lipinski definition) is 1. The van der Waals surface area contributed by atoms with Crippen LogP contribution in [-0.4, -0.2) is 34.0 Å². The molecule has 3 nitrogen and oxygen atoms in total. The minimum absolute atomic E-state index is 0.739. The molecule has 2 aromatic rings. The van der Waals surface area contributed by atoms with E-state index >= 15 is 0 Å². The maximum atomic E-state index is 4.64. The van der Waals surface area contributed by atoms with Crippen LogP contribution in [0.1, 0.15) is 25.6 Å². The van der Waals surface area contributed by atoms with E-state index in [2.05, 4.69) is 49.9 Å². The van der Waals surface area contributed by atoms with Crippen molar-refractivity contribution >= 4 is 27.0 Å². The van der Waals surface area contributed by atoms with E-state index < -0.39 is 0 Å². The highest BCUT2D eigenvalue weighted by molar-refractivity contribution is 9.10. The monoisotopic (exact) mass is 307 g/mol. The Morgan fingerprint density at radius 2 is 2.39 bits per heavy atom. The molecular formula is C14H18BrN3. The van der Waals surface area contributed by atoms with Crippen LogP contribution >= 0.6 is 15.9 Å². The summed E-state index contributed by atoms with van der Waals surface area (Å²) >= 11 is 3.49. The predicted molar refractivity (Wildman–Crippen MR) is 77.8 cm³/mol. The molecule has 1 saturated heterocycles. The molecular weight excluding hydrogens is 290 g/mol. The Kier molecular flexibility index (Phi) is 3.39. The maximum absolute atomic E-state index is 4.64. The van der Waals surface area contributed by atoms with Gasteiger partial charge >= 0.3 is 0 Å². The molecule has 3 rings (SSSR count). The zero-order valence-corrected chi connectivity index (χ0v) is 12.2. The van der Waals surface area contributed by atoms with E-state index in [0.717, 1.165) is 40.3 Å². The Morgan fingerprint density at radius 3 is 3.17 bits per heavy atom. The number of nitrogens with one attached hydrogen (secondary N) is 1. The number of likely N-dealkylation sites (tertiary alicyclic amines) is 1. The number of halogens is 1. The fraction of sp³-hybridized carbons (Fsp3) is 0.500. The van der Waals surface area contributed by atoms with Gasteiger partial charge in [-0.25, -0.2) is 4.98 Å². The van der Waals surface area contributed by atoms with Gasteiger partial charge in [0, 0.05) is 23.5 Å². The van der Waals surface area contributed by atoms with Crippen LogP contribution in [0.3, 0.4) is 0 Å². The molecule has 0 amide bonds. The molecule has 2 heterocycles. The van der Waals surface area contributed by atoms with Crippen molar-refractivity contribution in [3.63, 3.8) is 0 Å². The molecule has 1 aromatic carbocycles. The van der Waals surface area contributed by atoms with Crippen LogP contribution in [0, 0.1) is 0 Å². The number of fused-ring (bicyclic) bond motifs is 1. The zero-order valence-electron chi connectivity index (χ0n) is 10.6. The Balaban J connectivity index is 1.71. The zero-order chi connectivity index (χ0) is 12.5. The number of aromatic amines is 1. The van der Waals surface area contributed by atoms with Crippen LogP contribution in [0.5, 0.6) is 0 Å². The van der Waals surface area contributed by atoms with E-state index in [1.165, 1.54) is 19.4 Å². The van der Waals surface area contributed by atoms with E-state index in [9.17, 15) is 0 Å². The van der Waals surface area contributed by atoms with Crippen molar-refractivity contribution < 1.29 is 0 Å². The average molecular weight is 308 g/mol. The summed E-state index contributed by atoms with van der Waals surface area (Å²) in [5.74, 6) is 1.10. The number of H-pyrrole nitrogens is 1. The normalized spacial score (nSPS) is 20.9. The lowest BCUT2D eigenvalue weighted by Gasteiger charge is -2.19. The van der Waals surface area contributed by atoms with Crippen molar-refractivity contribution in [2.24, 2.45) is 0 Å². The van der Waals surface area contributed by atoms with E-state index in [4.69, 9.17) is 0 Å². The second-order valence-electron chi connectivity index (χ2n) is 5.12. The second kappa shape index (κ2) is 5.02. The van der Waals surface area contributed by atoms with Crippen LogP contribution in [0.2, 0.25) is 0 Å². The molecule has 0 saturated carbocycles. The predicted octanol–water partition coefficient (Wildman–Crippen LogP) is 3.35. The van der Waals surface area contributed by atoms with Crippen molar-refractivity contribution in [3.05, 3.63) is 28.5 Å². The van der Waals surface area contributed by atoms with Gasteiger partial charge in [-0.1, -0.05) is 15.9 Å². The van der Waals surface area contributed by atoms with Gasteiger partial charge in [0.2, 0.25) is 0 Å². The summed E-state index contributed by atoms with van der Waals surface area (Å²) in [6.07, 6.45) is 3.69. The molecule has 0 bridgehead atoms. The van der Waals surface area contributed by atoms with Gasteiger partial charge in [0.25, 0.3) is 0 Å². The van der Waals surface area contributed by atoms with Gasteiger partial charge in [0.1, 0.15) is 5.82 Å². The summed E-state index contributed by atoms with van der Waals surface area (Å²) in [6, 6.07) is 6.92. The molecule has 0 spiro atoms. The number of nitrogens with zero attached hydrogens (tertiary/aromatic N) is 2. The molecule has 1 N–H and O–H groups in total. The van der Waals surface area contributed by atoms with Crippen molar-refractivity contribution in [1.29, 1.82) is 0 Å². The van der Waals surface area contributed by atoms with E-state index in [1.807, 2.05) is 6.07 Å². The highest BCUT2D eigenvalue weighted by Gasteiger charge is 2.19.